The number of piperazine rings is 1. The molecule has 0 bridgehead atoms. The first kappa shape index (κ1) is 13.2. The first-order chi connectivity index (χ1) is 9.65. The molecule has 1 amide bonds. The molecular formula is C14H19N3O3. The van der Waals surface area contributed by atoms with Crippen LogP contribution in [0.3, 0.4) is 0 Å². The number of aliphatic carboxylic acids is 1. The van der Waals surface area contributed by atoms with Crippen molar-refractivity contribution in [1.29, 1.82) is 0 Å². The van der Waals surface area contributed by atoms with E-state index in [1.807, 2.05) is 4.90 Å². The maximum atomic E-state index is 12.4. The highest BCUT2D eigenvalue weighted by Gasteiger charge is 2.32. The van der Waals surface area contributed by atoms with Gasteiger partial charge in [0.15, 0.2) is 0 Å². The molecule has 1 aromatic heterocycles. The summed E-state index contributed by atoms with van der Waals surface area (Å²) < 4.78 is 1.50. The predicted molar refractivity (Wildman–Crippen MR) is 72.6 cm³/mol. The first-order valence-corrected chi connectivity index (χ1v) is 7.05. The summed E-state index contributed by atoms with van der Waals surface area (Å²) in [5.74, 6) is -1.000. The quantitative estimate of drug-likeness (QED) is 0.870. The van der Waals surface area contributed by atoms with Gasteiger partial charge >= 0.3 is 5.97 Å². The molecule has 0 radical (unpaired) electrons. The Kier molecular flexibility index (Phi) is 3.48. The molecule has 6 heteroatoms. The smallest absolute Gasteiger partial charge is 0.323 e. The fourth-order valence-electron chi connectivity index (χ4n) is 2.78. The summed E-state index contributed by atoms with van der Waals surface area (Å²) in [5, 5.41) is 8.85. The number of nitrogens with zero attached hydrogens (tertiary/aromatic N) is 3. The summed E-state index contributed by atoms with van der Waals surface area (Å²) in [6.07, 6.45) is 4.21. The van der Waals surface area contributed by atoms with Gasteiger partial charge in [0.25, 0.3) is 5.91 Å². The third-order valence-electron chi connectivity index (χ3n) is 4.02. The summed E-state index contributed by atoms with van der Waals surface area (Å²) in [7, 11) is 0. The van der Waals surface area contributed by atoms with E-state index in [1.54, 1.807) is 18.3 Å². The van der Waals surface area contributed by atoms with E-state index in [0.29, 0.717) is 5.69 Å². The van der Waals surface area contributed by atoms with Gasteiger partial charge in [0.1, 0.15) is 12.2 Å². The number of carbonyl (C=O) groups excluding carboxylic acids is 1. The SMILES string of the molecule is O=C(O)Cn1cccc1C(=O)N1CCN(C2CC2)CC1. The van der Waals surface area contributed by atoms with Crippen LogP contribution < -0.4 is 0 Å². The number of hydrogen-bond acceptors (Lipinski definition) is 3. The zero-order chi connectivity index (χ0) is 14.1. The van der Waals surface area contributed by atoms with Crippen molar-refractivity contribution in [2.45, 2.75) is 25.4 Å². The molecule has 1 aromatic rings. The number of amides is 1. The van der Waals surface area contributed by atoms with Gasteiger partial charge < -0.3 is 14.6 Å². The van der Waals surface area contributed by atoms with E-state index in [-0.39, 0.29) is 12.5 Å². The molecule has 0 aromatic carbocycles. The monoisotopic (exact) mass is 277 g/mol. The Morgan fingerprint density at radius 3 is 2.50 bits per heavy atom. The number of carboxylic acids is 1. The fourth-order valence-corrected chi connectivity index (χ4v) is 2.78. The van der Waals surface area contributed by atoms with E-state index < -0.39 is 5.97 Å². The number of aromatic nitrogens is 1. The molecule has 1 saturated carbocycles. The molecule has 2 heterocycles. The Balaban J connectivity index is 1.64. The van der Waals surface area contributed by atoms with Crippen LogP contribution in [0, 0.1) is 0 Å². The third kappa shape index (κ3) is 2.70. The number of carbonyl (C=O) groups is 2. The molecule has 1 aliphatic carbocycles. The van der Waals surface area contributed by atoms with E-state index in [4.69, 9.17) is 5.11 Å². The minimum atomic E-state index is -0.936. The second-order valence-corrected chi connectivity index (χ2v) is 5.47. The Hall–Kier alpha value is -1.82. The Morgan fingerprint density at radius 1 is 1.20 bits per heavy atom. The average Bonchev–Trinajstić information content (AvgIpc) is 3.19. The van der Waals surface area contributed by atoms with E-state index in [2.05, 4.69) is 4.90 Å². The van der Waals surface area contributed by atoms with Gasteiger partial charge in [0, 0.05) is 38.4 Å². The molecule has 6 nitrogen and oxygen atoms in total. The van der Waals surface area contributed by atoms with Crippen molar-refractivity contribution < 1.29 is 14.7 Å². The normalized spacial score (nSPS) is 20.1. The zero-order valence-corrected chi connectivity index (χ0v) is 11.4. The van der Waals surface area contributed by atoms with Gasteiger partial charge in [-0.05, 0) is 25.0 Å². The lowest BCUT2D eigenvalue weighted by atomic mass is 10.2. The van der Waals surface area contributed by atoms with Crippen LogP contribution in [0.4, 0.5) is 0 Å². The van der Waals surface area contributed by atoms with Crippen molar-refractivity contribution in [3.63, 3.8) is 0 Å². The molecule has 1 saturated heterocycles. The molecule has 0 atom stereocenters. The van der Waals surface area contributed by atoms with E-state index in [0.717, 1.165) is 32.2 Å². The van der Waals surface area contributed by atoms with Crippen molar-refractivity contribution in [2.75, 3.05) is 26.2 Å². The van der Waals surface area contributed by atoms with Gasteiger partial charge in [-0.3, -0.25) is 14.5 Å². The molecule has 108 valence electrons. The Labute approximate surface area is 117 Å². The number of hydrogen-bond donors (Lipinski definition) is 1. The van der Waals surface area contributed by atoms with Gasteiger partial charge in [0.05, 0.1) is 0 Å². The Bertz CT molecular complexity index is 513. The Morgan fingerprint density at radius 2 is 1.90 bits per heavy atom. The van der Waals surface area contributed by atoms with Crippen molar-refractivity contribution >= 4 is 11.9 Å². The van der Waals surface area contributed by atoms with Crippen LogP contribution in [0.15, 0.2) is 18.3 Å². The largest absolute Gasteiger partial charge is 0.480 e. The van der Waals surface area contributed by atoms with Crippen LogP contribution in [-0.2, 0) is 11.3 Å². The van der Waals surface area contributed by atoms with Crippen LogP contribution in [-0.4, -0.2) is 63.6 Å². The maximum Gasteiger partial charge on any atom is 0.323 e. The molecule has 3 rings (SSSR count). The summed E-state index contributed by atoms with van der Waals surface area (Å²) in [6, 6.07) is 4.15. The lowest BCUT2D eigenvalue weighted by molar-refractivity contribution is -0.137. The molecule has 2 aliphatic rings. The van der Waals surface area contributed by atoms with Gasteiger partial charge in [0.2, 0.25) is 0 Å². The van der Waals surface area contributed by atoms with Crippen molar-refractivity contribution in [2.24, 2.45) is 0 Å². The average molecular weight is 277 g/mol. The van der Waals surface area contributed by atoms with Crippen LogP contribution in [0.25, 0.3) is 0 Å². The summed E-state index contributed by atoms with van der Waals surface area (Å²) >= 11 is 0. The highest BCUT2D eigenvalue weighted by atomic mass is 16.4. The predicted octanol–water partition coefficient (Wildman–Crippen LogP) is 0.493. The van der Waals surface area contributed by atoms with Crippen LogP contribution in [0.2, 0.25) is 0 Å². The maximum absolute atomic E-state index is 12.4. The topological polar surface area (TPSA) is 65.8 Å². The second kappa shape index (κ2) is 5.28. The molecular weight excluding hydrogens is 258 g/mol. The number of rotatable bonds is 4. The van der Waals surface area contributed by atoms with E-state index >= 15 is 0 Å². The first-order valence-electron chi connectivity index (χ1n) is 7.05. The lowest BCUT2D eigenvalue weighted by Crippen LogP contribution is -2.49. The number of carboxylic acid groups (broad SMARTS) is 1. The van der Waals surface area contributed by atoms with Crippen LogP contribution in [0.1, 0.15) is 23.3 Å². The molecule has 2 fully saturated rings. The van der Waals surface area contributed by atoms with Gasteiger partial charge in [-0.2, -0.15) is 0 Å². The highest BCUT2D eigenvalue weighted by Crippen LogP contribution is 2.27. The van der Waals surface area contributed by atoms with Crippen molar-refractivity contribution in [3.8, 4) is 0 Å². The zero-order valence-electron chi connectivity index (χ0n) is 11.4. The molecule has 0 spiro atoms. The highest BCUT2D eigenvalue weighted by molar-refractivity contribution is 5.93. The van der Waals surface area contributed by atoms with Gasteiger partial charge in [-0.1, -0.05) is 0 Å². The van der Waals surface area contributed by atoms with Gasteiger partial charge in [-0.25, -0.2) is 0 Å². The standard InChI is InChI=1S/C14H19N3O3/c18-13(19)10-17-5-1-2-12(17)14(20)16-8-6-15(7-9-16)11-3-4-11/h1-2,5,11H,3-4,6-10H2,(H,18,19). The van der Waals surface area contributed by atoms with Crippen LogP contribution in [0.5, 0.6) is 0 Å². The third-order valence-corrected chi connectivity index (χ3v) is 4.02. The minimum Gasteiger partial charge on any atom is -0.480 e. The molecule has 0 unspecified atom stereocenters. The van der Waals surface area contributed by atoms with Crippen LogP contribution >= 0.6 is 0 Å². The summed E-state index contributed by atoms with van der Waals surface area (Å²) in [6.45, 7) is 3.14. The van der Waals surface area contributed by atoms with Crippen molar-refractivity contribution in [1.82, 2.24) is 14.4 Å². The summed E-state index contributed by atoms with van der Waals surface area (Å²) in [5.41, 5.74) is 0.465. The minimum absolute atomic E-state index is 0.0632. The lowest BCUT2D eigenvalue weighted by Gasteiger charge is -2.34. The molecule has 20 heavy (non-hydrogen) atoms. The van der Waals surface area contributed by atoms with Gasteiger partial charge in [-0.15, -0.1) is 0 Å². The van der Waals surface area contributed by atoms with E-state index in [9.17, 15) is 9.59 Å². The second-order valence-electron chi connectivity index (χ2n) is 5.47. The summed E-state index contributed by atoms with van der Waals surface area (Å²) in [4.78, 5) is 27.5. The van der Waals surface area contributed by atoms with Crippen molar-refractivity contribution in [3.05, 3.63) is 24.0 Å². The molecule has 1 aliphatic heterocycles. The van der Waals surface area contributed by atoms with E-state index in [1.165, 1.54) is 17.4 Å². The fraction of sp³-hybridized carbons (Fsp3) is 0.571. The molecule has 1 N–H and O–H groups in total.